The van der Waals surface area contributed by atoms with Crippen molar-refractivity contribution >= 4 is 27.5 Å². The minimum Gasteiger partial charge on any atom is -0.496 e. The van der Waals surface area contributed by atoms with Crippen LogP contribution in [0.15, 0.2) is 65.1 Å². The first-order valence-electron chi connectivity index (χ1n) is 9.25. The highest BCUT2D eigenvalue weighted by molar-refractivity contribution is 9.10. The molecule has 0 bridgehead atoms. The number of benzene rings is 3. The van der Waals surface area contributed by atoms with Crippen LogP contribution in [-0.2, 0) is 19.6 Å². The highest BCUT2D eigenvalue weighted by Gasteiger charge is 2.10. The lowest BCUT2D eigenvalue weighted by atomic mass is 10.1. The molecular formula is C23H22BrClFNO2. The molecule has 0 heterocycles. The van der Waals surface area contributed by atoms with Crippen LogP contribution in [0.5, 0.6) is 11.5 Å². The average molecular weight is 479 g/mol. The van der Waals surface area contributed by atoms with Crippen LogP contribution in [0.4, 0.5) is 4.39 Å². The van der Waals surface area contributed by atoms with E-state index >= 15 is 0 Å². The number of hydrogen-bond acceptors (Lipinski definition) is 3. The van der Waals surface area contributed by atoms with E-state index in [9.17, 15) is 4.39 Å². The number of methoxy groups -OCH3 is 1. The van der Waals surface area contributed by atoms with Crippen LogP contribution in [0.25, 0.3) is 0 Å². The highest BCUT2D eigenvalue weighted by atomic mass is 79.9. The molecule has 0 radical (unpaired) electrons. The van der Waals surface area contributed by atoms with Gasteiger partial charge in [-0.2, -0.15) is 0 Å². The Morgan fingerprint density at radius 1 is 1.00 bits per heavy atom. The summed E-state index contributed by atoms with van der Waals surface area (Å²) in [4.78, 5) is 0. The molecule has 6 heteroatoms. The second-order valence-electron chi connectivity index (χ2n) is 6.48. The summed E-state index contributed by atoms with van der Waals surface area (Å²) >= 11 is 9.60. The molecule has 0 atom stereocenters. The number of hydrogen-bond donors (Lipinski definition) is 1. The van der Waals surface area contributed by atoms with Crippen molar-refractivity contribution in [2.75, 3.05) is 13.7 Å². The number of ether oxygens (including phenoxy) is 2. The van der Waals surface area contributed by atoms with E-state index in [0.29, 0.717) is 22.9 Å². The summed E-state index contributed by atoms with van der Waals surface area (Å²) in [6.45, 7) is 1.47. The zero-order valence-corrected chi connectivity index (χ0v) is 18.4. The molecule has 29 heavy (non-hydrogen) atoms. The molecule has 0 amide bonds. The molecular weight excluding hydrogens is 457 g/mol. The first-order valence-corrected chi connectivity index (χ1v) is 10.4. The van der Waals surface area contributed by atoms with E-state index in [1.54, 1.807) is 19.2 Å². The van der Waals surface area contributed by atoms with E-state index in [1.165, 1.54) is 6.07 Å². The Morgan fingerprint density at radius 3 is 2.62 bits per heavy atom. The molecule has 0 aromatic heterocycles. The van der Waals surface area contributed by atoms with Gasteiger partial charge in [0.2, 0.25) is 0 Å². The molecule has 0 saturated heterocycles. The molecule has 1 N–H and O–H groups in total. The van der Waals surface area contributed by atoms with Crippen LogP contribution in [-0.4, -0.2) is 13.7 Å². The van der Waals surface area contributed by atoms with Gasteiger partial charge in [0.25, 0.3) is 0 Å². The molecule has 3 rings (SSSR count). The summed E-state index contributed by atoms with van der Waals surface area (Å²) < 4.78 is 26.2. The lowest BCUT2D eigenvalue weighted by molar-refractivity contribution is 0.296. The molecule has 0 unspecified atom stereocenters. The maximum absolute atomic E-state index is 14.0. The lowest BCUT2D eigenvalue weighted by Gasteiger charge is -2.14. The van der Waals surface area contributed by atoms with Crippen molar-refractivity contribution in [3.63, 3.8) is 0 Å². The van der Waals surface area contributed by atoms with E-state index in [2.05, 4.69) is 27.3 Å². The van der Waals surface area contributed by atoms with E-state index < -0.39 is 0 Å². The standard InChI is InChI=1S/C23H22BrClFNO2/c1-28-22-8-3-2-5-16(22)11-12-27-14-17-13-18(24)9-10-23(17)29-15-19-20(25)6-4-7-21(19)26/h2-10,13,27H,11-12,14-15H2,1H3. The van der Waals surface area contributed by atoms with Gasteiger partial charge in [0.1, 0.15) is 23.9 Å². The molecule has 3 aromatic rings. The highest BCUT2D eigenvalue weighted by Crippen LogP contribution is 2.26. The van der Waals surface area contributed by atoms with E-state index in [-0.39, 0.29) is 12.4 Å². The quantitative estimate of drug-likeness (QED) is 0.374. The molecule has 0 aliphatic carbocycles. The van der Waals surface area contributed by atoms with Gasteiger partial charge in [-0.05, 0) is 54.9 Å². The van der Waals surface area contributed by atoms with Gasteiger partial charge in [0, 0.05) is 22.1 Å². The van der Waals surface area contributed by atoms with Crippen molar-refractivity contribution < 1.29 is 13.9 Å². The maximum Gasteiger partial charge on any atom is 0.131 e. The largest absolute Gasteiger partial charge is 0.496 e. The van der Waals surface area contributed by atoms with Crippen molar-refractivity contribution in [2.24, 2.45) is 0 Å². The van der Waals surface area contributed by atoms with Crippen LogP contribution in [0.1, 0.15) is 16.7 Å². The zero-order valence-electron chi connectivity index (χ0n) is 16.1. The van der Waals surface area contributed by atoms with Crippen molar-refractivity contribution in [1.82, 2.24) is 5.32 Å². The maximum atomic E-state index is 14.0. The average Bonchev–Trinajstić information content (AvgIpc) is 2.72. The van der Waals surface area contributed by atoms with Crippen molar-refractivity contribution in [1.29, 1.82) is 0 Å². The Kier molecular flexibility index (Phi) is 7.92. The molecule has 152 valence electrons. The molecule has 3 aromatic carbocycles. The lowest BCUT2D eigenvalue weighted by Crippen LogP contribution is -2.17. The predicted octanol–water partition coefficient (Wildman–Crippen LogP) is 6.16. The third kappa shape index (κ3) is 5.95. The Labute approximate surface area is 183 Å². The normalized spacial score (nSPS) is 10.8. The van der Waals surface area contributed by atoms with Crippen LogP contribution in [0.2, 0.25) is 5.02 Å². The topological polar surface area (TPSA) is 30.5 Å². The van der Waals surface area contributed by atoms with Crippen molar-refractivity contribution in [2.45, 2.75) is 19.6 Å². The van der Waals surface area contributed by atoms with Crippen LogP contribution in [0.3, 0.4) is 0 Å². The summed E-state index contributed by atoms with van der Waals surface area (Å²) in [6, 6.07) is 18.4. The molecule has 0 aliphatic rings. The Morgan fingerprint density at radius 2 is 1.83 bits per heavy atom. The van der Waals surface area contributed by atoms with E-state index in [1.807, 2.05) is 36.4 Å². The molecule has 0 saturated carbocycles. The first-order chi connectivity index (χ1) is 14.1. The number of nitrogens with one attached hydrogen (secondary N) is 1. The summed E-state index contributed by atoms with van der Waals surface area (Å²) in [5.74, 6) is 1.21. The van der Waals surface area contributed by atoms with Gasteiger partial charge in [0.15, 0.2) is 0 Å². The van der Waals surface area contributed by atoms with Gasteiger partial charge < -0.3 is 14.8 Å². The summed E-state index contributed by atoms with van der Waals surface area (Å²) in [5, 5.41) is 3.79. The van der Waals surface area contributed by atoms with Crippen LogP contribution in [0, 0.1) is 5.82 Å². The second kappa shape index (κ2) is 10.6. The molecule has 0 spiro atoms. The van der Waals surface area contributed by atoms with Crippen molar-refractivity contribution in [3.05, 3.63) is 92.7 Å². The Balaban J connectivity index is 1.61. The van der Waals surface area contributed by atoms with Gasteiger partial charge >= 0.3 is 0 Å². The molecule has 0 fully saturated rings. The summed E-state index contributed by atoms with van der Waals surface area (Å²) in [6.07, 6.45) is 0.846. The fourth-order valence-electron chi connectivity index (χ4n) is 3.00. The third-order valence-electron chi connectivity index (χ3n) is 4.54. The van der Waals surface area contributed by atoms with Gasteiger partial charge in [-0.15, -0.1) is 0 Å². The second-order valence-corrected chi connectivity index (χ2v) is 7.80. The molecule has 3 nitrogen and oxygen atoms in total. The number of rotatable bonds is 9. The Bertz CT molecular complexity index is 947. The fourth-order valence-corrected chi connectivity index (χ4v) is 3.63. The first kappa shape index (κ1) is 21.6. The Hall–Kier alpha value is -2.08. The van der Waals surface area contributed by atoms with Crippen LogP contribution < -0.4 is 14.8 Å². The van der Waals surface area contributed by atoms with Gasteiger partial charge in [-0.25, -0.2) is 4.39 Å². The minimum absolute atomic E-state index is 0.0708. The fraction of sp³-hybridized carbons (Fsp3) is 0.217. The summed E-state index contributed by atoms with van der Waals surface area (Å²) in [5.41, 5.74) is 2.49. The van der Waals surface area contributed by atoms with Gasteiger partial charge in [-0.3, -0.25) is 0 Å². The number of halogens is 3. The van der Waals surface area contributed by atoms with E-state index in [4.69, 9.17) is 21.1 Å². The van der Waals surface area contributed by atoms with Gasteiger partial charge in [0.05, 0.1) is 12.1 Å². The zero-order chi connectivity index (χ0) is 20.6. The predicted molar refractivity (Wildman–Crippen MR) is 118 cm³/mol. The SMILES string of the molecule is COc1ccccc1CCNCc1cc(Br)ccc1OCc1c(F)cccc1Cl. The summed E-state index contributed by atoms with van der Waals surface area (Å²) in [7, 11) is 1.68. The smallest absolute Gasteiger partial charge is 0.131 e. The van der Waals surface area contributed by atoms with E-state index in [0.717, 1.165) is 34.3 Å². The number of para-hydroxylation sites is 1. The van der Waals surface area contributed by atoms with Gasteiger partial charge in [-0.1, -0.05) is 51.8 Å². The monoisotopic (exact) mass is 477 g/mol. The van der Waals surface area contributed by atoms with Crippen LogP contribution >= 0.6 is 27.5 Å². The molecule has 0 aliphatic heterocycles. The minimum atomic E-state index is -0.369. The third-order valence-corrected chi connectivity index (χ3v) is 5.38. The van der Waals surface area contributed by atoms with Crippen molar-refractivity contribution in [3.8, 4) is 11.5 Å².